The normalized spacial score (nSPS) is 11.1. The van der Waals surface area contributed by atoms with E-state index in [9.17, 15) is 15.8 Å². The number of methoxy groups -OCH3 is 6. The van der Waals surface area contributed by atoms with Crippen molar-refractivity contribution in [2.24, 2.45) is 0 Å². The summed E-state index contributed by atoms with van der Waals surface area (Å²) in [6, 6.07) is 29.4. The summed E-state index contributed by atoms with van der Waals surface area (Å²) >= 11 is 7.34. The van der Waals surface area contributed by atoms with Gasteiger partial charge in [0.05, 0.1) is 81.9 Å². The summed E-state index contributed by atoms with van der Waals surface area (Å²) in [5, 5.41) is 36.9. The highest BCUT2D eigenvalue weighted by Gasteiger charge is 2.20. The molecule has 0 saturated carbocycles. The number of fused-ring (bicyclic) bond motifs is 3. The fraction of sp³-hybridized carbons (Fsp3) is 0.214. The van der Waals surface area contributed by atoms with Crippen molar-refractivity contribution in [1.29, 1.82) is 15.8 Å². The summed E-state index contributed by atoms with van der Waals surface area (Å²) < 4.78 is 55.5. The lowest BCUT2D eigenvalue weighted by molar-refractivity contribution is 0.218. The smallest absolute Gasteiger partial charge is 0.163 e. The number of imidazole rings is 3. The van der Waals surface area contributed by atoms with Crippen molar-refractivity contribution in [2.75, 3.05) is 42.7 Å². The van der Waals surface area contributed by atoms with Crippen LogP contribution in [-0.2, 0) is 13.2 Å². The second kappa shape index (κ2) is 25.1. The number of nitrogens with zero attached hydrogens (tertiary/aromatic N) is 9. The van der Waals surface area contributed by atoms with Crippen LogP contribution in [0.2, 0.25) is 0 Å². The number of ether oxygens (including phenoxy) is 9. The van der Waals surface area contributed by atoms with E-state index in [1.54, 1.807) is 84.3 Å². The van der Waals surface area contributed by atoms with Crippen LogP contribution in [0.5, 0.6) is 51.7 Å². The van der Waals surface area contributed by atoms with Crippen molar-refractivity contribution >= 4 is 89.8 Å². The molecule has 0 N–H and O–H groups in total. The maximum Gasteiger partial charge on any atom is 0.163 e. The van der Waals surface area contributed by atoms with E-state index < -0.39 is 0 Å². The van der Waals surface area contributed by atoms with Gasteiger partial charge in [0.1, 0.15) is 80.0 Å². The van der Waals surface area contributed by atoms with Crippen molar-refractivity contribution in [3.8, 4) is 85.0 Å². The van der Waals surface area contributed by atoms with Crippen molar-refractivity contribution in [2.45, 2.75) is 39.6 Å². The van der Waals surface area contributed by atoms with Gasteiger partial charge in [0.25, 0.3) is 0 Å². The van der Waals surface area contributed by atoms with E-state index in [0.717, 1.165) is 65.0 Å². The van der Waals surface area contributed by atoms with Crippen molar-refractivity contribution < 1.29 is 42.6 Å². The van der Waals surface area contributed by atoms with Crippen LogP contribution in [0.3, 0.4) is 0 Å². The third-order valence-corrected chi connectivity index (χ3v) is 16.7. The van der Waals surface area contributed by atoms with Crippen molar-refractivity contribution in [1.82, 2.24) is 28.7 Å². The van der Waals surface area contributed by atoms with E-state index in [1.165, 1.54) is 34.0 Å². The zero-order chi connectivity index (χ0) is 55.6. The van der Waals surface area contributed by atoms with Gasteiger partial charge in [-0.15, -0.1) is 45.3 Å². The number of benzene rings is 3. The van der Waals surface area contributed by atoms with E-state index in [-0.39, 0.29) is 6.10 Å². The van der Waals surface area contributed by atoms with Gasteiger partial charge in [-0.2, -0.15) is 27.1 Å². The highest BCUT2D eigenvalue weighted by molar-refractivity contribution is 7.16. The quantitative estimate of drug-likeness (QED) is 0.0783. The number of nitriles is 3. The largest absolute Gasteiger partial charge is 0.493 e. The Hall–Kier alpha value is -8.76. The van der Waals surface area contributed by atoms with Crippen LogP contribution in [0.15, 0.2) is 108 Å². The first kappa shape index (κ1) is 55.0. The Kier molecular flexibility index (Phi) is 17.5. The molecule has 0 aliphatic heterocycles. The number of thiophene rings is 5. The SMILES string of the molecule is CC[C@@H](C)Oc1cc(-n2cnc3cc(OC)c(OC)cc32)sc1C#N.COc1cc2ncn(-c3cc(OCc4cccs4)c(C#N)s3)c2cc1OC.COc1cc2ncn(-c3cc(OCc4ccsc4)c(C#N)s3)c2cc1OC. The van der Waals surface area contributed by atoms with Gasteiger partial charge < -0.3 is 42.6 Å². The molecule has 23 heteroatoms. The predicted molar refractivity (Wildman–Crippen MR) is 308 cm³/mol. The standard InChI is InChI=1S/2C19H15N3O3S2.C18H19N3O3S/c1-23-15-5-13-14(6-16(15)24-2)22(11-21-13)19-7-17(18(8-20)27-19)25-9-12-3-4-26-10-12;1-23-15-6-13-14(7-16(15)24-2)22(11-21-13)19-8-17(18(9-20)27-19)25-10-12-4-3-5-26-12;1-5-11(2)24-16-8-18(25-17(16)9-19)21-10-20-12-6-14(22-3)15(23-4)7-13(12)21/h3-7,10-11H,9H2,1-2H3;3-8,11H,10H2,1-2H3;6-8,10-11H,5H2,1-4H3/t;;11-/m..1/s1. The summed E-state index contributed by atoms with van der Waals surface area (Å²) in [6.45, 7) is 4.91. The lowest BCUT2D eigenvalue weighted by atomic mass is 10.2. The van der Waals surface area contributed by atoms with Crippen LogP contribution in [-0.4, -0.2) is 77.4 Å². The van der Waals surface area contributed by atoms with Gasteiger partial charge in [-0.3, -0.25) is 13.7 Å². The van der Waals surface area contributed by atoms with Crippen LogP contribution in [0.4, 0.5) is 0 Å². The molecule has 0 aliphatic carbocycles. The molecule has 1 atom stereocenters. The minimum atomic E-state index is 0.0541. The fourth-order valence-electron chi connectivity index (χ4n) is 7.89. The average molecular weight is 1150 g/mol. The molecule has 79 heavy (non-hydrogen) atoms. The molecule has 8 heterocycles. The Morgan fingerprint density at radius 1 is 0.506 bits per heavy atom. The van der Waals surface area contributed by atoms with Crippen LogP contribution in [0, 0.1) is 34.0 Å². The molecular formula is C56H49N9O9S5. The summed E-state index contributed by atoms with van der Waals surface area (Å²) in [6.07, 6.45) is 6.10. The molecule has 402 valence electrons. The maximum absolute atomic E-state index is 9.47. The number of hydrogen-bond acceptors (Lipinski definition) is 20. The van der Waals surface area contributed by atoms with E-state index in [2.05, 4.69) is 33.2 Å². The molecule has 0 spiro atoms. The van der Waals surface area contributed by atoms with Gasteiger partial charge in [-0.1, -0.05) is 13.0 Å². The molecule has 0 unspecified atom stereocenters. The van der Waals surface area contributed by atoms with Crippen LogP contribution >= 0.6 is 56.7 Å². The molecule has 0 saturated heterocycles. The van der Waals surface area contributed by atoms with Crippen LogP contribution in [0.1, 0.15) is 45.3 Å². The Morgan fingerprint density at radius 3 is 1.28 bits per heavy atom. The van der Waals surface area contributed by atoms with Gasteiger partial charge >= 0.3 is 0 Å². The molecule has 11 rings (SSSR count). The minimum absolute atomic E-state index is 0.0541. The molecule has 0 aliphatic rings. The second-order valence-corrected chi connectivity index (χ2v) is 21.6. The van der Waals surface area contributed by atoms with E-state index >= 15 is 0 Å². The van der Waals surface area contributed by atoms with Gasteiger partial charge in [0.15, 0.2) is 51.7 Å². The van der Waals surface area contributed by atoms with E-state index in [1.807, 2.05) is 116 Å². The number of rotatable bonds is 18. The van der Waals surface area contributed by atoms with Gasteiger partial charge in [0, 0.05) is 59.5 Å². The summed E-state index contributed by atoms with van der Waals surface area (Å²) in [5.41, 5.74) is 6.03. The Morgan fingerprint density at radius 2 is 0.911 bits per heavy atom. The second-order valence-electron chi connectivity index (χ2n) is 16.7. The number of aromatic nitrogens is 6. The Balaban J connectivity index is 0.000000144. The van der Waals surface area contributed by atoms with Gasteiger partial charge in [-0.25, -0.2) is 15.0 Å². The Labute approximate surface area is 474 Å². The zero-order valence-electron chi connectivity index (χ0n) is 43.8. The van der Waals surface area contributed by atoms with Gasteiger partial charge in [0.2, 0.25) is 0 Å². The van der Waals surface area contributed by atoms with Crippen LogP contribution < -0.4 is 42.6 Å². The molecule has 0 amide bonds. The first-order valence-corrected chi connectivity index (χ1v) is 28.2. The van der Waals surface area contributed by atoms with Crippen molar-refractivity contribution in [3.05, 3.63) is 133 Å². The fourth-order valence-corrected chi connectivity index (χ4v) is 11.8. The summed E-state index contributed by atoms with van der Waals surface area (Å²) in [4.78, 5) is 16.0. The number of hydrogen-bond donors (Lipinski definition) is 0. The lowest BCUT2D eigenvalue weighted by Gasteiger charge is -2.10. The molecule has 8 aromatic heterocycles. The third-order valence-electron chi connectivity index (χ3n) is 12.1. The summed E-state index contributed by atoms with van der Waals surface area (Å²) in [5.74, 6) is 5.52. The van der Waals surface area contributed by atoms with Crippen LogP contribution in [0.25, 0.3) is 48.1 Å². The predicted octanol–water partition coefficient (Wildman–Crippen LogP) is 13.4. The van der Waals surface area contributed by atoms with Gasteiger partial charge in [-0.05, 0) is 47.2 Å². The van der Waals surface area contributed by atoms with E-state index in [4.69, 9.17) is 42.6 Å². The maximum atomic E-state index is 9.47. The lowest BCUT2D eigenvalue weighted by Crippen LogP contribution is -2.09. The molecule has 3 aromatic carbocycles. The van der Waals surface area contributed by atoms with Crippen molar-refractivity contribution in [3.63, 3.8) is 0 Å². The Bertz CT molecular complexity index is 3820. The summed E-state index contributed by atoms with van der Waals surface area (Å²) in [7, 11) is 9.57. The third kappa shape index (κ3) is 11.9. The molecule has 0 fully saturated rings. The first-order chi connectivity index (χ1) is 38.6. The zero-order valence-corrected chi connectivity index (χ0v) is 47.9. The monoisotopic (exact) mass is 1150 g/mol. The minimum Gasteiger partial charge on any atom is -0.493 e. The average Bonchev–Trinajstić information content (AvgIpc) is 4.48. The highest BCUT2D eigenvalue weighted by atomic mass is 32.1. The molecule has 11 aromatic rings. The first-order valence-electron chi connectivity index (χ1n) is 23.9. The molecular weight excluding hydrogens is 1100 g/mol. The molecule has 0 radical (unpaired) electrons. The highest BCUT2D eigenvalue weighted by Crippen LogP contribution is 2.40. The molecule has 18 nitrogen and oxygen atoms in total. The molecule has 0 bridgehead atoms. The van der Waals surface area contributed by atoms with E-state index in [0.29, 0.717) is 79.6 Å². The topological polar surface area (TPSA) is 208 Å².